The number of carbonyl (C=O) groups excluding carboxylic acids is 1. The van der Waals surface area contributed by atoms with Gasteiger partial charge in [0.05, 0.1) is 12.2 Å². The van der Waals surface area contributed by atoms with Crippen LogP contribution in [0.25, 0.3) is 0 Å². The Morgan fingerprint density at radius 3 is 2.50 bits per heavy atom. The molecule has 132 valence electrons. The molecular formula is C18H24O5S. The highest BCUT2D eigenvalue weighted by atomic mass is 32.2. The van der Waals surface area contributed by atoms with Crippen molar-refractivity contribution in [1.82, 2.24) is 0 Å². The van der Waals surface area contributed by atoms with Crippen molar-refractivity contribution in [3.05, 3.63) is 29.8 Å². The number of benzene rings is 1. The van der Waals surface area contributed by atoms with Gasteiger partial charge in [0.25, 0.3) is 0 Å². The standard InChI is InChI=1S/C18H24O5S/c1-14-5-7-15(8-6-14)23-24(20,21)12-9-16-18(13-17(19)22-16)10-3-2-4-11-18/h5-8,16H,2-4,9-13H2,1H3. The van der Waals surface area contributed by atoms with Crippen LogP contribution in [0.5, 0.6) is 5.75 Å². The summed E-state index contributed by atoms with van der Waals surface area (Å²) in [5.41, 5.74) is 0.881. The van der Waals surface area contributed by atoms with E-state index in [2.05, 4.69) is 0 Å². The molecule has 1 aliphatic carbocycles. The molecule has 0 amide bonds. The number of aryl methyl sites for hydroxylation is 1. The van der Waals surface area contributed by atoms with Crippen LogP contribution in [0.3, 0.4) is 0 Å². The zero-order valence-electron chi connectivity index (χ0n) is 14.0. The third-order valence-corrected chi connectivity index (χ3v) is 6.36. The van der Waals surface area contributed by atoms with Crippen molar-refractivity contribution < 1.29 is 22.1 Å². The molecule has 0 radical (unpaired) electrons. The van der Waals surface area contributed by atoms with Gasteiger partial charge in [-0.2, -0.15) is 8.42 Å². The summed E-state index contributed by atoms with van der Waals surface area (Å²) >= 11 is 0. The maximum Gasteiger partial charge on any atom is 0.309 e. The predicted octanol–water partition coefficient (Wildman–Crippen LogP) is 3.36. The van der Waals surface area contributed by atoms with Crippen molar-refractivity contribution >= 4 is 16.1 Å². The predicted molar refractivity (Wildman–Crippen MR) is 90.2 cm³/mol. The summed E-state index contributed by atoms with van der Waals surface area (Å²) in [6, 6.07) is 6.90. The van der Waals surface area contributed by atoms with Gasteiger partial charge in [0.15, 0.2) is 0 Å². The zero-order valence-corrected chi connectivity index (χ0v) is 14.8. The average molecular weight is 352 g/mol. The van der Waals surface area contributed by atoms with Crippen molar-refractivity contribution in [3.8, 4) is 5.75 Å². The zero-order chi connectivity index (χ0) is 17.2. The van der Waals surface area contributed by atoms with Crippen molar-refractivity contribution in [2.45, 2.75) is 58.0 Å². The first kappa shape index (κ1) is 17.3. The van der Waals surface area contributed by atoms with Gasteiger partial charge in [0.1, 0.15) is 11.9 Å². The van der Waals surface area contributed by atoms with E-state index in [4.69, 9.17) is 8.92 Å². The van der Waals surface area contributed by atoms with E-state index in [1.807, 2.05) is 6.92 Å². The molecular weight excluding hydrogens is 328 g/mol. The molecule has 1 aliphatic heterocycles. The SMILES string of the molecule is Cc1ccc(OS(=O)(=O)CCC2OC(=O)CC23CCCCC3)cc1. The number of hydrogen-bond donors (Lipinski definition) is 0. The van der Waals surface area contributed by atoms with E-state index < -0.39 is 10.1 Å². The first-order valence-electron chi connectivity index (χ1n) is 8.57. The van der Waals surface area contributed by atoms with E-state index in [-0.39, 0.29) is 23.2 Å². The van der Waals surface area contributed by atoms with Crippen molar-refractivity contribution in [2.24, 2.45) is 5.41 Å². The summed E-state index contributed by atoms with van der Waals surface area (Å²) in [4.78, 5) is 11.8. The molecule has 1 saturated carbocycles. The molecule has 1 aromatic rings. The quantitative estimate of drug-likeness (QED) is 0.600. The first-order valence-corrected chi connectivity index (χ1v) is 10.1. The van der Waals surface area contributed by atoms with Crippen LogP contribution in [0.1, 0.15) is 50.5 Å². The van der Waals surface area contributed by atoms with E-state index in [0.717, 1.165) is 31.2 Å². The molecule has 5 nitrogen and oxygen atoms in total. The monoisotopic (exact) mass is 352 g/mol. The molecule has 6 heteroatoms. The maximum absolute atomic E-state index is 12.2. The Balaban J connectivity index is 1.63. The van der Waals surface area contributed by atoms with Crippen LogP contribution in [0.2, 0.25) is 0 Å². The summed E-state index contributed by atoms with van der Waals surface area (Å²) in [6.07, 6.45) is 5.67. The highest BCUT2D eigenvalue weighted by molar-refractivity contribution is 7.87. The summed E-state index contributed by atoms with van der Waals surface area (Å²) in [7, 11) is -3.70. The summed E-state index contributed by atoms with van der Waals surface area (Å²) in [5.74, 6) is -0.0178. The van der Waals surface area contributed by atoms with E-state index >= 15 is 0 Å². The minimum atomic E-state index is -3.70. The normalized spacial score (nSPS) is 23.2. The van der Waals surface area contributed by atoms with Crippen LogP contribution in [0.4, 0.5) is 0 Å². The average Bonchev–Trinajstić information content (AvgIpc) is 2.83. The van der Waals surface area contributed by atoms with Gasteiger partial charge in [-0.15, -0.1) is 0 Å². The fraction of sp³-hybridized carbons (Fsp3) is 0.611. The number of hydrogen-bond acceptors (Lipinski definition) is 5. The summed E-state index contributed by atoms with van der Waals surface area (Å²) in [5, 5.41) is 0. The third-order valence-electron chi connectivity index (χ3n) is 5.18. The largest absolute Gasteiger partial charge is 0.462 e. The number of cyclic esters (lactones) is 1. The molecule has 3 rings (SSSR count). The molecule has 1 saturated heterocycles. The molecule has 0 bridgehead atoms. The number of carbonyl (C=O) groups is 1. The third kappa shape index (κ3) is 3.91. The Morgan fingerprint density at radius 2 is 1.83 bits per heavy atom. The Morgan fingerprint density at radius 1 is 1.17 bits per heavy atom. The van der Waals surface area contributed by atoms with Crippen LogP contribution in [-0.4, -0.2) is 26.2 Å². The van der Waals surface area contributed by atoms with Gasteiger partial charge in [-0.3, -0.25) is 4.79 Å². The van der Waals surface area contributed by atoms with Gasteiger partial charge in [-0.1, -0.05) is 37.0 Å². The summed E-state index contributed by atoms with van der Waals surface area (Å²) in [6.45, 7) is 1.93. The lowest BCUT2D eigenvalue weighted by molar-refractivity contribution is -0.142. The fourth-order valence-electron chi connectivity index (χ4n) is 3.88. The van der Waals surface area contributed by atoms with Crippen LogP contribution >= 0.6 is 0 Å². The lowest BCUT2D eigenvalue weighted by Crippen LogP contribution is -2.35. The van der Waals surface area contributed by atoms with Crippen molar-refractivity contribution in [1.29, 1.82) is 0 Å². The van der Waals surface area contributed by atoms with E-state index in [0.29, 0.717) is 18.6 Å². The van der Waals surface area contributed by atoms with Crippen LogP contribution in [0, 0.1) is 12.3 Å². The van der Waals surface area contributed by atoms with Crippen LogP contribution in [-0.2, 0) is 19.6 Å². The second kappa shape index (κ2) is 6.75. The second-order valence-electron chi connectivity index (χ2n) is 7.03. The number of rotatable bonds is 5. The molecule has 0 aromatic heterocycles. The minimum Gasteiger partial charge on any atom is -0.462 e. The highest BCUT2D eigenvalue weighted by Gasteiger charge is 2.49. The Hall–Kier alpha value is -1.56. The smallest absolute Gasteiger partial charge is 0.309 e. The Bertz CT molecular complexity index is 687. The van der Waals surface area contributed by atoms with Gasteiger partial charge >= 0.3 is 16.1 Å². The lowest BCUT2D eigenvalue weighted by Gasteiger charge is -2.36. The van der Waals surface area contributed by atoms with Gasteiger partial charge in [-0.25, -0.2) is 0 Å². The van der Waals surface area contributed by atoms with Crippen LogP contribution in [0.15, 0.2) is 24.3 Å². The molecule has 1 unspecified atom stereocenters. The van der Waals surface area contributed by atoms with Crippen LogP contribution < -0.4 is 4.18 Å². The van der Waals surface area contributed by atoms with E-state index in [9.17, 15) is 13.2 Å². The Kier molecular flexibility index (Phi) is 4.85. The molecule has 1 heterocycles. The van der Waals surface area contributed by atoms with Gasteiger partial charge < -0.3 is 8.92 Å². The van der Waals surface area contributed by atoms with E-state index in [1.165, 1.54) is 6.42 Å². The summed E-state index contributed by atoms with van der Waals surface area (Å²) < 4.78 is 35.1. The molecule has 1 atom stereocenters. The maximum atomic E-state index is 12.2. The molecule has 1 spiro atoms. The van der Waals surface area contributed by atoms with Crippen molar-refractivity contribution in [2.75, 3.05) is 5.75 Å². The molecule has 2 fully saturated rings. The number of ether oxygens (including phenoxy) is 1. The lowest BCUT2D eigenvalue weighted by atomic mass is 9.69. The highest BCUT2D eigenvalue weighted by Crippen LogP contribution is 2.48. The molecule has 24 heavy (non-hydrogen) atoms. The van der Waals surface area contributed by atoms with Gasteiger partial charge in [0, 0.05) is 11.8 Å². The van der Waals surface area contributed by atoms with E-state index in [1.54, 1.807) is 24.3 Å². The Labute approximate surface area is 143 Å². The topological polar surface area (TPSA) is 69.7 Å². The molecule has 1 aromatic carbocycles. The molecule has 0 N–H and O–H groups in total. The minimum absolute atomic E-state index is 0.138. The van der Waals surface area contributed by atoms with Gasteiger partial charge in [0.2, 0.25) is 0 Å². The first-order chi connectivity index (χ1) is 11.4. The molecule has 2 aliphatic rings. The fourth-order valence-corrected chi connectivity index (χ4v) is 4.87. The second-order valence-corrected chi connectivity index (χ2v) is 8.72. The van der Waals surface area contributed by atoms with Gasteiger partial charge in [-0.05, 0) is 31.9 Å². The van der Waals surface area contributed by atoms with Crippen molar-refractivity contribution in [3.63, 3.8) is 0 Å². The number of esters is 1.